The molecule has 0 fully saturated rings. The zero-order valence-corrected chi connectivity index (χ0v) is 19.1. The van der Waals surface area contributed by atoms with Crippen LogP contribution in [0.25, 0.3) is 0 Å². The number of carbonyl (C=O) groups excluding carboxylic acids is 1. The molecule has 1 amide bonds. The van der Waals surface area contributed by atoms with E-state index in [0.717, 1.165) is 16.8 Å². The van der Waals surface area contributed by atoms with Crippen LogP contribution in [0.1, 0.15) is 29.4 Å². The highest BCUT2D eigenvalue weighted by molar-refractivity contribution is 7.99. The Morgan fingerprint density at radius 1 is 1.13 bits per heavy atom. The minimum atomic E-state index is -0.0697. The Bertz CT molecular complexity index is 1010. The van der Waals surface area contributed by atoms with Gasteiger partial charge in [0.25, 0.3) is 0 Å². The van der Waals surface area contributed by atoms with Crippen molar-refractivity contribution < 1.29 is 9.53 Å². The van der Waals surface area contributed by atoms with Gasteiger partial charge in [0.15, 0.2) is 11.0 Å². The Hall–Kier alpha value is -2.51. The summed E-state index contributed by atoms with van der Waals surface area (Å²) in [7, 11) is 0. The number of aromatic nitrogens is 3. The molecule has 1 heterocycles. The lowest BCUT2D eigenvalue weighted by Crippen LogP contribution is -2.16. The average Bonchev–Trinajstić information content (AvgIpc) is 3.10. The summed E-state index contributed by atoms with van der Waals surface area (Å²) in [4.78, 5) is 12.5. The van der Waals surface area contributed by atoms with E-state index in [1.807, 2.05) is 44.4 Å². The first kappa shape index (κ1) is 22.2. The predicted molar refractivity (Wildman–Crippen MR) is 121 cm³/mol. The lowest BCUT2D eigenvalue weighted by molar-refractivity contribution is -0.113. The predicted octanol–water partition coefficient (Wildman–Crippen LogP) is 5.19. The molecule has 0 bridgehead atoms. The van der Waals surface area contributed by atoms with Crippen LogP contribution in [0, 0.1) is 20.8 Å². The number of carbonyl (C=O) groups is 1. The number of rotatable bonds is 8. The molecule has 3 rings (SSSR count). The van der Waals surface area contributed by atoms with Crippen molar-refractivity contribution in [1.82, 2.24) is 14.8 Å². The zero-order chi connectivity index (χ0) is 21.7. The van der Waals surface area contributed by atoms with E-state index in [1.54, 1.807) is 12.1 Å². The number of nitrogens with one attached hydrogen (secondary N) is 1. The molecule has 2 aromatic carbocycles. The van der Waals surface area contributed by atoms with Gasteiger partial charge in [-0.3, -0.25) is 4.79 Å². The highest BCUT2D eigenvalue weighted by Crippen LogP contribution is 2.24. The number of aryl methyl sites for hydroxylation is 3. The maximum atomic E-state index is 12.5. The van der Waals surface area contributed by atoms with E-state index in [1.165, 1.54) is 17.3 Å². The third-order valence-corrected chi connectivity index (χ3v) is 5.78. The number of amides is 1. The molecule has 6 nitrogen and oxygen atoms in total. The second-order valence-corrected chi connectivity index (χ2v) is 8.38. The Morgan fingerprint density at radius 3 is 2.43 bits per heavy atom. The van der Waals surface area contributed by atoms with Crippen molar-refractivity contribution in [2.45, 2.75) is 46.0 Å². The smallest absolute Gasteiger partial charge is 0.234 e. The number of anilines is 1. The number of hydrogen-bond acceptors (Lipinski definition) is 5. The van der Waals surface area contributed by atoms with Crippen LogP contribution < -0.4 is 10.1 Å². The molecule has 0 spiro atoms. The molecule has 30 heavy (non-hydrogen) atoms. The van der Waals surface area contributed by atoms with Gasteiger partial charge in [0.1, 0.15) is 12.4 Å². The zero-order valence-electron chi connectivity index (χ0n) is 17.5. The SMILES string of the molecule is CCn1c(COc2ccc(Cl)cc2)nnc1SCC(=O)Nc1c(C)cc(C)cc1C. The van der Waals surface area contributed by atoms with Gasteiger partial charge in [-0.25, -0.2) is 0 Å². The molecular weight excluding hydrogens is 420 g/mol. The molecule has 8 heteroatoms. The molecule has 0 unspecified atom stereocenters. The largest absolute Gasteiger partial charge is 0.486 e. The van der Waals surface area contributed by atoms with Gasteiger partial charge in [-0.2, -0.15) is 0 Å². The van der Waals surface area contributed by atoms with E-state index in [9.17, 15) is 4.79 Å². The molecule has 0 atom stereocenters. The van der Waals surface area contributed by atoms with Crippen molar-refractivity contribution in [2.75, 3.05) is 11.1 Å². The lowest BCUT2D eigenvalue weighted by Gasteiger charge is -2.13. The summed E-state index contributed by atoms with van der Waals surface area (Å²) >= 11 is 7.26. The highest BCUT2D eigenvalue weighted by Gasteiger charge is 2.15. The number of benzene rings is 2. The molecule has 3 aromatic rings. The number of nitrogens with zero attached hydrogens (tertiary/aromatic N) is 3. The third-order valence-electron chi connectivity index (χ3n) is 4.57. The van der Waals surface area contributed by atoms with Gasteiger partial charge in [-0.05, 0) is 63.1 Å². The van der Waals surface area contributed by atoms with Gasteiger partial charge in [0, 0.05) is 17.3 Å². The van der Waals surface area contributed by atoms with Crippen LogP contribution in [-0.4, -0.2) is 26.4 Å². The van der Waals surface area contributed by atoms with Crippen molar-refractivity contribution in [2.24, 2.45) is 0 Å². The van der Waals surface area contributed by atoms with Crippen LogP contribution in [0.2, 0.25) is 5.02 Å². The number of thioether (sulfide) groups is 1. The average molecular weight is 445 g/mol. The van der Waals surface area contributed by atoms with Gasteiger partial charge in [0.2, 0.25) is 5.91 Å². The fraction of sp³-hybridized carbons (Fsp3) is 0.318. The molecule has 1 aromatic heterocycles. The molecule has 0 saturated heterocycles. The topological polar surface area (TPSA) is 69.0 Å². The normalized spacial score (nSPS) is 10.8. The van der Waals surface area contributed by atoms with E-state index in [0.29, 0.717) is 28.3 Å². The number of halogens is 1. The van der Waals surface area contributed by atoms with Crippen molar-refractivity contribution in [3.8, 4) is 5.75 Å². The molecule has 0 aliphatic rings. The lowest BCUT2D eigenvalue weighted by atomic mass is 10.1. The summed E-state index contributed by atoms with van der Waals surface area (Å²) in [6.07, 6.45) is 0. The Balaban J connectivity index is 1.60. The molecule has 1 N–H and O–H groups in total. The standard InChI is InChI=1S/C22H25ClN4O2S/c1-5-27-19(12-29-18-8-6-17(23)7-9-18)25-26-22(27)30-13-20(28)24-21-15(3)10-14(2)11-16(21)4/h6-11H,5,12-13H2,1-4H3,(H,24,28). The fourth-order valence-corrected chi connectivity index (χ4v) is 4.16. The maximum Gasteiger partial charge on any atom is 0.234 e. The molecule has 158 valence electrons. The summed E-state index contributed by atoms with van der Waals surface area (Å²) in [5, 5.41) is 12.8. The minimum absolute atomic E-state index is 0.0697. The molecule has 0 saturated carbocycles. The maximum absolute atomic E-state index is 12.5. The first-order valence-electron chi connectivity index (χ1n) is 9.68. The van der Waals surface area contributed by atoms with E-state index in [-0.39, 0.29) is 18.3 Å². The second kappa shape index (κ2) is 10.00. The van der Waals surface area contributed by atoms with E-state index >= 15 is 0 Å². The molecule has 0 radical (unpaired) electrons. The van der Waals surface area contributed by atoms with Crippen LogP contribution in [0.4, 0.5) is 5.69 Å². The van der Waals surface area contributed by atoms with Crippen LogP contribution in [-0.2, 0) is 17.9 Å². The minimum Gasteiger partial charge on any atom is -0.486 e. The van der Waals surface area contributed by atoms with Crippen molar-refractivity contribution >= 4 is 35.0 Å². The van der Waals surface area contributed by atoms with Crippen molar-refractivity contribution in [3.63, 3.8) is 0 Å². The number of ether oxygens (including phenoxy) is 1. The van der Waals surface area contributed by atoms with E-state index in [2.05, 4.69) is 27.6 Å². The van der Waals surface area contributed by atoms with Gasteiger partial charge in [0.05, 0.1) is 5.75 Å². The first-order chi connectivity index (χ1) is 14.4. The van der Waals surface area contributed by atoms with Crippen LogP contribution in [0.3, 0.4) is 0 Å². The summed E-state index contributed by atoms with van der Waals surface area (Å²) in [5.74, 6) is 1.60. The third kappa shape index (κ3) is 5.55. The highest BCUT2D eigenvalue weighted by atomic mass is 35.5. The molecular formula is C22H25ClN4O2S. The molecule has 0 aliphatic heterocycles. The Labute approximate surface area is 186 Å². The van der Waals surface area contributed by atoms with Gasteiger partial charge in [-0.1, -0.05) is 41.1 Å². The first-order valence-corrected chi connectivity index (χ1v) is 11.0. The van der Waals surface area contributed by atoms with Gasteiger partial charge in [-0.15, -0.1) is 10.2 Å². The fourth-order valence-electron chi connectivity index (χ4n) is 3.21. The quantitative estimate of drug-likeness (QED) is 0.484. The monoisotopic (exact) mass is 444 g/mol. The Morgan fingerprint density at radius 2 is 1.80 bits per heavy atom. The summed E-state index contributed by atoms with van der Waals surface area (Å²) in [6.45, 7) is 9.04. The second-order valence-electron chi connectivity index (χ2n) is 7.00. The van der Waals surface area contributed by atoms with Crippen molar-refractivity contribution in [3.05, 3.63) is 63.9 Å². The number of hydrogen-bond donors (Lipinski definition) is 1. The summed E-state index contributed by atoms with van der Waals surface area (Å²) in [6, 6.07) is 11.3. The summed E-state index contributed by atoms with van der Waals surface area (Å²) in [5.41, 5.74) is 4.18. The van der Waals surface area contributed by atoms with E-state index < -0.39 is 0 Å². The van der Waals surface area contributed by atoms with Crippen LogP contribution in [0.15, 0.2) is 41.6 Å². The summed E-state index contributed by atoms with van der Waals surface area (Å²) < 4.78 is 7.73. The molecule has 0 aliphatic carbocycles. The van der Waals surface area contributed by atoms with Gasteiger partial charge < -0.3 is 14.6 Å². The Kier molecular flexibility index (Phi) is 7.39. The van der Waals surface area contributed by atoms with Gasteiger partial charge >= 0.3 is 0 Å². The van der Waals surface area contributed by atoms with Crippen molar-refractivity contribution in [1.29, 1.82) is 0 Å². The van der Waals surface area contributed by atoms with Crippen LogP contribution >= 0.6 is 23.4 Å². The van der Waals surface area contributed by atoms with E-state index in [4.69, 9.17) is 16.3 Å². The van der Waals surface area contributed by atoms with Crippen LogP contribution in [0.5, 0.6) is 5.75 Å².